The average Bonchev–Trinajstić information content (AvgIpc) is 2.79. The molecule has 1 aliphatic heterocycles. The second-order valence-corrected chi connectivity index (χ2v) is 5.62. The maximum Gasteiger partial charge on any atom is 0.177 e. The molecule has 112 valence electrons. The molecule has 0 aliphatic carbocycles. The molecule has 2 rings (SSSR count). The van der Waals surface area contributed by atoms with Crippen LogP contribution >= 0.6 is 0 Å². The summed E-state index contributed by atoms with van der Waals surface area (Å²) in [7, 11) is 2.02. The van der Waals surface area contributed by atoms with Gasteiger partial charge in [-0.3, -0.25) is 4.99 Å². The summed E-state index contributed by atoms with van der Waals surface area (Å²) < 4.78 is 2.05. The van der Waals surface area contributed by atoms with E-state index in [4.69, 9.17) is 4.99 Å². The van der Waals surface area contributed by atoms with Crippen molar-refractivity contribution in [3.63, 3.8) is 0 Å². The minimum atomic E-state index is 0.455. The predicted octanol–water partition coefficient (Wildman–Crippen LogP) is 2.20. The van der Waals surface area contributed by atoms with Crippen LogP contribution in [0.4, 0.5) is 0 Å². The summed E-state index contributed by atoms with van der Waals surface area (Å²) in [6.45, 7) is 9.90. The first-order valence-corrected chi connectivity index (χ1v) is 7.81. The third kappa shape index (κ3) is 3.45. The lowest BCUT2D eigenvalue weighted by Crippen LogP contribution is -2.35. The summed E-state index contributed by atoms with van der Waals surface area (Å²) >= 11 is 0. The molecule has 1 saturated heterocycles. The second kappa shape index (κ2) is 6.97. The van der Waals surface area contributed by atoms with Gasteiger partial charge >= 0.3 is 0 Å². The van der Waals surface area contributed by atoms with E-state index in [-0.39, 0.29) is 0 Å². The molecule has 5 heteroatoms. The first-order valence-electron chi connectivity index (χ1n) is 7.81. The van der Waals surface area contributed by atoms with Crippen LogP contribution in [-0.2, 0) is 7.05 Å². The molecule has 0 amide bonds. The van der Waals surface area contributed by atoms with E-state index in [1.165, 1.54) is 13.1 Å². The van der Waals surface area contributed by atoms with Gasteiger partial charge in [-0.2, -0.15) is 0 Å². The quantitative estimate of drug-likeness (QED) is 0.775. The van der Waals surface area contributed by atoms with Crippen LogP contribution in [0.3, 0.4) is 0 Å². The Hall–Kier alpha value is -1.23. The number of aliphatic imine (C=N–C) groups is 1. The van der Waals surface area contributed by atoms with Gasteiger partial charge in [0.15, 0.2) is 5.82 Å². The van der Waals surface area contributed by atoms with E-state index in [1.807, 2.05) is 14.0 Å². The molecule has 0 radical (unpaired) electrons. The summed E-state index contributed by atoms with van der Waals surface area (Å²) in [6.07, 6.45) is 4.41. The number of nitrogens with zero attached hydrogens (tertiary/aromatic N) is 5. The van der Waals surface area contributed by atoms with Crippen LogP contribution in [0, 0.1) is 6.92 Å². The van der Waals surface area contributed by atoms with Crippen molar-refractivity contribution < 1.29 is 0 Å². The number of hydrogen-bond donors (Lipinski definition) is 0. The van der Waals surface area contributed by atoms with Gasteiger partial charge in [0.25, 0.3) is 0 Å². The minimum absolute atomic E-state index is 0.455. The van der Waals surface area contributed by atoms with Crippen molar-refractivity contribution in [2.45, 2.75) is 52.5 Å². The Morgan fingerprint density at radius 1 is 1.25 bits per heavy atom. The molecular formula is C15H27N5. The molecule has 0 atom stereocenters. The van der Waals surface area contributed by atoms with Gasteiger partial charge in [-0.15, -0.1) is 10.2 Å². The van der Waals surface area contributed by atoms with Gasteiger partial charge in [-0.25, -0.2) is 0 Å². The largest absolute Gasteiger partial charge is 0.313 e. The number of aromatic nitrogens is 3. The Balaban J connectivity index is 2.12. The zero-order valence-electron chi connectivity index (χ0n) is 13.3. The van der Waals surface area contributed by atoms with E-state index >= 15 is 0 Å². The van der Waals surface area contributed by atoms with E-state index in [1.54, 1.807) is 0 Å². The van der Waals surface area contributed by atoms with Crippen molar-refractivity contribution in [2.24, 2.45) is 12.0 Å². The fraction of sp³-hybridized carbons (Fsp3) is 0.800. The van der Waals surface area contributed by atoms with Crippen LogP contribution in [-0.4, -0.2) is 51.1 Å². The molecule has 0 unspecified atom stereocenters. The first kappa shape index (κ1) is 15.2. The lowest BCUT2D eigenvalue weighted by atomic mass is 10.0. The van der Waals surface area contributed by atoms with E-state index in [0.717, 1.165) is 49.6 Å². The lowest BCUT2D eigenvalue weighted by Gasteiger charge is -2.29. The zero-order valence-corrected chi connectivity index (χ0v) is 13.3. The molecule has 0 aromatic carbocycles. The Kier molecular flexibility index (Phi) is 5.29. The van der Waals surface area contributed by atoms with Crippen molar-refractivity contribution in [3.05, 3.63) is 11.6 Å². The van der Waals surface area contributed by atoms with E-state index in [0.29, 0.717) is 6.04 Å². The van der Waals surface area contributed by atoms with E-state index in [9.17, 15) is 0 Å². The molecule has 1 aliphatic rings. The van der Waals surface area contributed by atoms with Crippen LogP contribution in [0.5, 0.6) is 0 Å². The molecule has 20 heavy (non-hydrogen) atoms. The Bertz CT molecular complexity index is 455. The highest BCUT2D eigenvalue weighted by molar-refractivity contribution is 5.97. The highest BCUT2D eigenvalue weighted by atomic mass is 15.3. The molecule has 0 spiro atoms. The zero-order chi connectivity index (χ0) is 14.5. The number of aryl methyl sites for hydroxylation is 1. The summed E-state index contributed by atoms with van der Waals surface area (Å²) in [5, 5.41) is 8.46. The number of piperidine rings is 1. The topological polar surface area (TPSA) is 46.3 Å². The normalized spacial score (nSPS) is 18.7. The average molecular weight is 277 g/mol. The van der Waals surface area contributed by atoms with Crippen LogP contribution < -0.4 is 0 Å². The van der Waals surface area contributed by atoms with Gasteiger partial charge in [0.1, 0.15) is 5.82 Å². The minimum Gasteiger partial charge on any atom is -0.313 e. The summed E-state index contributed by atoms with van der Waals surface area (Å²) in [4.78, 5) is 7.50. The standard InChI is InChI=1S/C15H27N5/c1-5-7-14(15-18-17-12(3)19(15)4)16-13-8-10-20(6-2)11-9-13/h13H,5-11H2,1-4H3. The van der Waals surface area contributed by atoms with Crippen molar-refractivity contribution >= 4 is 5.71 Å². The predicted molar refractivity (Wildman–Crippen MR) is 82.3 cm³/mol. The molecular weight excluding hydrogens is 250 g/mol. The third-order valence-corrected chi connectivity index (χ3v) is 4.18. The Morgan fingerprint density at radius 3 is 2.45 bits per heavy atom. The Labute approximate surface area is 122 Å². The van der Waals surface area contributed by atoms with Crippen LogP contribution in [0.2, 0.25) is 0 Å². The molecule has 0 N–H and O–H groups in total. The van der Waals surface area contributed by atoms with Crippen molar-refractivity contribution in [3.8, 4) is 0 Å². The molecule has 5 nitrogen and oxygen atoms in total. The smallest absolute Gasteiger partial charge is 0.177 e. The SMILES string of the molecule is CCCC(=NC1CCN(CC)CC1)c1nnc(C)n1C. The van der Waals surface area contributed by atoms with Gasteiger partial charge in [-0.05, 0) is 32.7 Å². The molecule has 1 aromatic heterocycles. The summed E-state index contributed by atoms with van der Waals surface area (Å²) in [6, 6.07) is 0.455. The van der Waals surface area contributed by atoms with Crippen molar-refractivity contribution in [2.75, 3.05) is 19.6 Å². The molecule has 1 fully saturated rings. The van der Waals surface area contributed by atoms with Crippen LogP contribution in [0.15, 0.2) is 4.99 Å². The number of rotatable bonds is 5. The highest BCUT2D eigenvalue weighted by Crippen LogP contribution is 2.16. The molecule has 2 heterocycles. The summed E-state index contributed by atoms with van der Waals surface area (Å²) in [5.74, 6) is 1.90. The van der Waals surface area contributed by atoms with Crippen molar-refractivity contribution in [1.82, 2.24) is 19.7 Å². The first-order chi connectivity index (χ1) is 9.65. The molecule has 0 saturated carbocycles. The number of likely N-dealkylation sites (tertiary alicyclic amines) is 1. The van der Waals surface area contributed by atoms with Crippen molar-refractivity contribution in [1.29, 1.82) is 0 Å². The Morgan fingerprint density at radius 2 is 1.95 bits per heavy atom. The lowest BCUT2D eigenvalue weighted by molar-refractivity contribution is 0.224. The van der Waals surface area contributed by atoms with E-state index < -0.39 is 0 Å². The van der Waals surface area contributed by atoms with Gasteiger partial charge in [0, 0.05) is 20.1 Å². The fourth-order valence-electron chi connectivity index (χ4n) is 2.71. The van der Waals surface area contributed by atoms with Gasteiger partial charge < -0.3 is 9.47 Å². The summed E-state index contributed by atoms with van der Waals surface area (Å²) in [5.41, 5.74) is 1.13. The monoisotopic (exact) mass is 277 g/mol. The van der Waals surface area contributed by atoms with Gasteiger partial charge in [0.2, 0.25) is 0 Å². The molecule has 1 aromatic rings. The molecule has 0 bridgehead atoms. The van der Waals surface area contributed by atoms with Crippen LogP contribution in [0.1, 0.15) is 51.2 Å². The maximum absolute atomic E-state index is 5.01. The van der Waals surface area contributed by atoms with Gasteiger partial charge in [-0.1, -0.05) is 20.3 Å². The fourth-order valence-corrected chi connectivity index (χ4v) is 2.71. The maximum atomic E-state index is 5.01. The van der Waals surface area contributed by atoms with E-state index in [2.05, 4.69) is 33.5 Å². The second-order valence-electron chi connectivity index (χ2n) is 5.62. The third-order valence-electron chi connectivity index (χ3n) is 4.18. The van der Waals surface area contributed by atoms with Gasteiger partial charge in [0.05, 0.1) is 11.8 Å². The number of hydrogen-bond acceptors (Lipinski definition) is 4. The van der Waals surface area contributed by atoms with Crippen LogP contribution in [0.25, 0.3) is 0 Å². The highest BCUT2D eigenvalue weighted by Gasteiger charge is 2.19.